The summed E-state index contributed by atoms with van der Waals surface area (Å²) < 4.78 is 40.5. The number of ether oxygens (including phenoxy) is 3. The summed E-state index contributed by atoms with van der Waals surface area (Å²) in [5.41, 5.74) is 2.91. The van der Waals surface area contributed by atoms with Crippen molar-refractivity contribution >= 4 is 11.7 Å². The average Bonchev–Trinajstić information content (AvgIpc) is 3.01. The molecule has 1 aromatic carbocycles. The third kappa shape index (κ3) is 6.04. The van der Waals surface area contributed by atoms with Crippen molar-refractivity contribution in [3.05, 3.63) is 84.6 Å². The van der Waals surface area contributed by atoms with Gasteiger partial charge >= 0.3 is 0 Å². The van der Waals surface area contributed by atoms with E-state index in [0.29, 0.717) is 48.9 Å². The van der Waals surface area contributed by atoms with Crippen LogP contribution < -0.4 is 14.4 Å². The predicted octanol–water partition coefficient (Wildman–Crippen LogP) is 5.32. The van der Waals surface area contributed by atoms with Crippen LogP contribution in [0.4, 0.5) is 10.2 Å². The highest BCUT2D eigenvalue weighted by Gasteiger charge is 2.29. The molecular formula is C30H29FN4O4. The summed E-state index contributed by atoms with van der Waals surface area (Å²) in [6.45, 7) is -0.458. The average molecular weight is 530 g/mol. The molecule has 200 valence electrons. The van der Waals surface area contributed by atoms with Crippen molar-refractivity contribution in [2.45, 2.75) is 19.4 Å². The Bertz CT molecular complexity index is 1480. The van der Waals surface area contributed by atoms with Crippen LogP contribution in [0.2, 0.25) is 0 Å². The summed E-state index contributed by atoms with van der Waals surface area (Å²) in [4.78, 5) is 27.9. The van der Waals surface area contributed by atoms with Crippen LogP contribution in [0.3, 0.4) is 0 Å². The van der Waals surface area contributed by atoms with Gasteiger partial charge in [-0.2, -0.15) is 0 Å². The van der Waals surface area contributed by atoms with Crippen molar-refractivity contribution < 1.29 is 24.8 Å². The third-order valence-corrected chi connectivity index (χ3v) is 6.63. The van der Waals surface area contributed by atoms with E-state index in [0.717, 1.165) is 11.1 Å². The molecular weight excluding hydrogens is 499 g/mol. The minimum Gasteiger partial charge on any atom is -0.481 e. The number of aromatic nitrogens is 3. The van der Waals surface area contributed by atoms with Crippen LogP contribution in [0.25, 0.3) is 22.3 Å². The number of anilines is 1. The first-order valence-corrected chi connectivity index (χ1v) is 12.6. The number of methoxy groups -OCH3 is 2. The monoisotopic (exact) mass is 529 g/mol. The SMILES string of the molecule is [2H]C(c1ccc(-c2ccc(OC)nc2)cc1F)N(C(=O)C1CCOCC1)c1cc(-c2ccnc(OC)c2)ccn1. The van der Waals surface area contributed by atoms with E-state index in [1.165, 1.54) is 31.3 Å². The molecule has 0 saturated carbocycles. The lowest BCUT2D eigenvalue weighted by Crippen LogP contribution is -2.39. The van der Waals surface area contributed by atoms with Gasteiger partial charge in [-0.05, 0) is 59.9 Å². The van der Waals surface area contributed by atoms with Crippen LogP contribution in [0.1, 0.15) is 19.8 Å². The van der Waals surface area contributed by atoms with E-state index in [2.05, 4.69) is 15.0 Å². The number of pyridine rings is 3. The van der Waals surface area contributed by atoms with E-state index in [4.69, 9.17) is 15.6 Å². The lowest BCUT2D eigenvalue weighted by atomic mass is 9.97. The molecule has 1 unspecified atom stereocenters. The Labute approximate surface area is 227 Å². The molecule has 1 saturated heterocycles. The quantitative estimate of drug-likeness (QED) is 0.305. The smallest absolute Gasteiger partial charge is 0.231 e. The zero-order valence-corrected chi connectivity index (χ0v) is 21.7. The number of rotatable bonds is 8. The lowest BCUT2D eigenvalue weighted by Gasteiger charge is -2.29. The maximum absolute atomic E-state index is 15.6. The molecule has 0 bridgehead atoms. The van der Waals surface area contributed by atoms with Crippen molar-refractivity contribution in [2.24, 2.45) is 5.92 Å². The van der Waals surface area contributed by atoms with Gasteiger partial charge < -0.3 is 14.2 Å². The maximum Gasteiger partial charge on any atom is 0.231 e. The standard InChI is InChI=1S/C30H29FN4O4/c1-37-28-6-5-24(18-34-28)21-3-4-25(26(31)15-21)19-35(30(36)20-9-13-39-14-10-20)27-16-22(7-11-32-27)23-8-12-33-29(17-23)38-2/h3-8,11-12,15-18,20H,9-10,13-14,19H2,1-2H3/i19D. The zero-order valence-electron chi connectivity index (χ0n) is 22.7. The predicted molar refractivity (Wildman–Crippen MR) is 145 cm³/mol. The van der Waals surface area contributed by atoms with E-state index in [9.17, 15) is 4.79 Å². The van der Waals surface area contributed by atoms with E-state index in [1.807, 2.05) is 6.07 Å². The number of halogens is 1. The van der Waals surface area contributed by atoms with Crippen LogP contribution in [-0.4, -0.2) is 48.3 Å². The number of benzene rings is 1. The van der Waals surface area contributed by atoms with Gasteiger partial charge in [-0.25, -0.2) is 19.3 Å². The van der Waals surface area contributed by atoms with Crippen LogP contribution in [0.5, 0.6) is 11.8 Å². The van der Waals surface area contributed by atoms with Gasteiger partial charge in [0.2, 0.25) is 17.7 Å². The Kier molecular flexibility index (Phi) is 7.67. The van der Waals surface area contributed by atoms with Gasteiger partial charge in [0.05, 0.1) is 22.1 Å². The van der Waals surface area contributed by atoms with Gasteiger partial charge in [0.1, 0.15) is 11.6 Å². The molecule has 3 aromatic heterocycles. The van der Waals surface area contributed by atoms with Gasteiger partial charge in [0.25, 0.3) is 0 Å². The molecule has 0 aliphatic carbocycles. The molecule has 8 nitrogen and oxygen atoms in total. The topological polar surface area (TPSA) is 86.7 Å². The molecule has 4 heterocycles. The number of hydrogen-bond donors (Lipinski definition) is 0. The summed E-state index contributed by atoms with van der Waals surface area (Å²) in [6, 6.07) is 15.2. The second-order valence-corrected chi connectivity index (χ2v) is 9.04. The van der Waals surface area contributed by atoms with E-state index in [-0.39, 0.29) is 23.2 Å². The Morgan fingerprint density at radius 1 is 0.923 bits per heavy atom. The minimum atomic E-state index is -1.37. The second kappa shape index (κ2) is 12.0. The molecule has 0 N–H and O–H groups in total. The Hall–Kier alpha value is -4.37. The van der Waals surface area contributed by atoms with Gasteiger partial charge in [-0.3, -0.25) is 9.69 Å². The Morgan fingerprint density at radius 3 is 2.31 bits per heavy atom. The Balaban J connectivity index is 1.52. The highest BCUT2D eigenvalue weighted by atomic mass is 19.1. The van der Waals surface area contributed by atoms with E-state index >= 15 is 4.39 Å². The van der Waals surface area contributed by atoms with Gasteiger partial charge in [-0.15, -0.1) is 0 Å². The fourth-order valence-electron chi connectivity index (χ4n) is 4.44. The van der Waals surface area contributed by atoms with Crippen LogP contribution >= 0.6 is 0 Å². The van der Waals surface area contributed by atoms with E-state index < -0.39 is 12.3 Å². The van der Waals surface area contributed by atoms with Crippen molar-refractivity contribution in [1.29, 1.82) is 0 Å². The second-order valence-electron chi connectivity index (χ2n) is 9.04. The fourth-order valence-corrected chi connectivity index (χ4v) is 4.44. The lowest BCUT2D eigenvalue weighted by molar-refractivity contribution is -0.125. The van der Waals surface area contributed by atoms with Crippen molar-refractivity contribution in [3.63, 3.8) is 0 Å². The van der Waals surface area contributed by atoms with Gasteiger partial charge in [0, 0.05) is 61.0 Å². The molecule has 1 fully saturated rings. The number of carbonyl (C=O) groups is 1. The molecule has 0 radical (unpaired) electrons. The number of amides is 1. The highest BCUT2D eigenvalue weighted by Crippen LogP contribution is 2.30. The maximum atomic E-state index is 15.6. The Morgan fingerprint density at radius 2 is 1.62 bits per heavy atom. The van der Waals surface area contributed by atoms with Crippen LogP contribution in [0.15, 0.2) is 73.2 Å². The van der Waals surface area contributed by atoms with Gasteiger partial charge in [0.15, 0.2) is 0 Å². The normalized spacial score (nSPS) is 14.8. The summed E-state index contributed by atoms with van der Waals surface area (Å²) in [6.07, 6.45) is 5.84. The first-order valence-electron chi connectivity index (χ1n) is 13.2. The minimum absolute atomic E-state index is 0.0587. The molecule has 1 aliphatic heterocycles. The molecule has 1 atom stereocenters. The van der Waals surface area contributed by atoms with Crippen molar-refractivity contribution in [2.75, 3.05) is 32.3 Å². The summed E-state index contributed by atoms with van der Waals surface area (Å²) in [7, 11) is 3.06. The first-order chi connectivity index (χ1) is 19.5. The molecule has 0 spiro atoms. The highest BCUT2D eigenvalue weighted by molar-refractivity contribution is 5.94. The molecule has 1 amide bonds. The van der Waals surface area contributed by atoms with Crippen LogP contribution in [0, 0.1) is 11.7 Å². The number of nitrogens with zero attached hydrogens (tertiary/aromatic N) is 4. The number of carbonyl (C=O) groups excluding carboxylic acids is 1. The molecule has 5 rings (SSSR count). The molecule has 4 aromatic rings. The van der Waals surface area contributed by atoms with Crippen molar-refractivity contribution in [1.82, 2.24) is 15.0 Å². The van der Waals surface area contributed by atoms with Gasteiger partial charge in [-0.1, -0.05) is 12.1 Å². The third-order valence-electron chi connectivity index (χ3n) is 6.63. The summed E-state index contributed by atoms with van der Waals surface area (Å²) in [5, 5.41) is 0. The van der Waals surface area contributed by atoms with Crippen LogP contribution in [-0.2, 0) is 16.1 Å². The van der Waals surface area contributed by atoms with E-state index in [1.54, 1.807) is 55.0 Å². The molecule has 1 aliphatic rings. The zero-order chi connectivity index (χ0) is 28.1. The summed E-state index contributed by atoms with van der Waals surface area (Å²) >= 11 is 0. The first kappa shape index (κ1) is 24.9. The fraction of sp³-hybridized carbons (Fsp3) is 0.267. The summed E-state index contributed by atoms with van der Waals surface area (Å²) in [5.74, 6) is -0.0996. The molecule has 9 heteroatoms. The number of hydrogen-bond acceptors (Lipinski definition) is 7. The van der Waals surface area contributed by atoms with Crippen molar-refractivity contribution in [3.8, 4) is 34.0 Å². The largest absolute Gasteiger partial charge is 0.481 e. The molecule has 39 heavy (non-hydrogen) atoms.